The van der Waals surface area contributed by atoms with Crippen LogP contribution in [0.5, 0.6) is 11.5 Å². The highest BCUT2D eigenvalue weighted by Gasteiger charge is 2.44. The van der Waals surface area contributed by atoms with Crippen molar-refractivity contribution in [1.29, 1.82) is 0 Å². The number of fused-ring (bicyclic) bond motifs is 3. The summed E-state index contributed by atoms with van der Waals surface area (Å²) in [7, 11) is 1.54. The molecule has 2 heterocycles. The summed E-state index contributed by atoms with van der Waals surface area (Å²) >= 11 is 0. The minimum atomic E-state index is -0.489. The molecule has 1 amide bonds. The lowest BCUT2D eigenvalue weighted by Gasteiger charge is -2.46. The van der Waals surface area contributed by atoms with E-state index in [1.807, 2.05) is 26.0 Å². The normalized spacial score (nSPS) is 22.7. The van der Waals surface area contributed by atoms with Gasteiger partial charge in [0.2, 0.25) is 5.91 Å². The Hall–Kier alpha value is -2.61. The van der Waals surface area contributed by atoms with Gasteiger partial charge in [0.25, 0.3) is 0 Å². The number of ether oxygens (including phenoxy) is 3. The zero-order chi connectivity index (χ0) is 22.7. The third kappa shape index (κ3) is 4.84. The van der Waals surface area contributed by atoms with Crippen LogP contribution in [0.3, 0.4) is 0 Å². The quantitative estimate of drug-likeness (QED) is 0.504. The van der Waals surface area contributed by atoms with Crippen molar-refractivity contribution in [1.82, 2.24) is 9.80 Å². The van der Waals surface area contributed by atoms with E-state index in [4.69, 9.17) is 14.2 Å². The predicted molar refractivity (Wildman–Crippen MR) is 114 cm³/mol. The SMILES string of the molecule is CCN(CC)C(=O)C1CN2CCc3cc(OC(C)=O)c(OC)cc3C2CC1OC(C)=O. The van der Waals surface area contributed by atoms with Crippen molar-refractivity contribution >= 4 is 17.8 Å². The molecule has 8 heteroatoms. The summed E-state index contributed by atoms with van der Waals surface area (Å²) in [4.78, 5) is 40.5. The summed E-state index contributed by atoms with van der Waals surface area (Å²) in [5.74, 6) is -0.243. The highest BCUT2D eigenvalue weighted by Crippen LogP contribution is 2.43. The van der Waals surface area contributed by atoms with Gasteiger partial charge in [0.05, 0.1) is 13.0 Å². The van der Waals surface area contributed by atoms with Gasteiger partial charge >= 0.3 is 11.9 Å². The van der Waals surface area contributed by atoms with Gasteiger partial charge in [-0.25, -0.2) is 0 Å². The molecular weight excluding hydrogens is 400 g/mol. The molecule has 0 aromatic heterocycles. The minimum Gasteiger partial charge on any atom is -0.493 e. The maximum atomic E-state index is 13.2. The van der Waals surface area contributed by atoms with Crippen LogP contribution in [0.4, 0.5) is 0 Å². The van der Waals surface area contributed by atoms with Crippen molar-refractivity contribution in [2.75, 3.05) is 33.3 Å². The van der Waals surface area contributed by atoms with Crippen LogP contribution in [0.1, 0.15) is 51.3 Å². The molecule has 0 aliphatic carbocycles. The second kappa shape index (κ2) is 9.68. The minimum absolute atomic E-state index is 0.00543. The summed E-state index contributed by atoms with van der Waals surface area (Å²) in [5.41, 5.74) is 2.14. The predicted octanol–water partition coefficient (Wildman–Crippen LogP) is 2.34. The van der Waals surface area contributed by atoms with Crippen LogP contribution >= 0.6 is 0 Å². The summed E-state index contributed by atoms with van der Waals surface area (Å²) in [5, 5.41) is 0. The first-order valence-corrected chi connectivity index (χ1v) is 10.9. The average molecular weight is 433 g/mol. The van der Waals surface area contributed by atoms with E-state index < -0.39 is 12.1 Å². The zero-order valence-electron chi connectivity index (χ0n) is 19.0. The van der Waals surface area contributed by atoms with Gasteiger partial charge in [-0.2, -0.15) is 0 Å². The molecule has 0 radical (unpaired) electrons. The second-order valence-corrected chi connectivity index (χ2v) is 8.06. The van der Waals surface area contributed by atoms with Crippen molar-refractivity contribution in [3.63, 3.8) is 0 Å². The Morgan fingerprint density at radius 3 is 2.39 bits per heavy atom. The van der Waals surface area contributed by atoms with Gasteiger partial charge in [-0.3, -0.25) is 19.3 Å². The molecule has 1 aromatic carbocycles. The number of methoxy groups -OCH3 is 1. The van der Waals surface area contributed by atoms with Crippen LogP contribution in [-0.2, 0) is 25.5 Å². The zero-order valence-corrected chi connectivity index (χ0v) is 19.0. The highest BCUT2D eigenvalue weighted by atomic mass is 16.6. The third-order valence-corrected chi connectivity index (χ3v) is 6.19. The molecule has 2 aliphatic rings. The Kier molecular flexibility index (Phi) is 7.20. The van der Waals surface area contributed by atoms with Crippen molar-refractivity contribution < 1.29 is 28.6 Å². The number of carbonyl (C=O) groups is 3. The molecule has 3 atom stereocenters. The Labute approximate surface area is 183 Å². The van der Waals surface area contributed by atoms with E-state index in [0.29, 0.717) is 37.6 Å². The first kappa shape index (κ1) is 23.1. The van der Waals surface area contributed by atoms with E-state index in [1.54, 1.807) is 4.90 Å². The molecule has 31 heavy (non-hydrogen) atoms. The van der Waals surface area contributed by atoms with Crippen molar-refractivity contribution in [3.05, 3.63) is 23.3 Å². The Balaban J connectivity index is 1.94. The van der Waals surface area contributed by atoms with Crippen LogP contribution in [0, 0.1) is 5.92 Å². The van der Waals surface area contributed by atoms with Crippen molar-refractivity contribution in [2.45, 2.75) is 52.7 Å². The fraction of sp³-hybridized carbons (Fsp3) is 0.609. The van der Waals surface area contributed by atoms with Gasteiger partial charge in [0, 0.05) is 52.5 Å². The molecule has 1 saturated heterocycles. The smallest absolute Gasteiger partial charge is 0.308 e. The van der Waals surface area contributed by atoms with E-state index >= 15 is 0 Å². The summed E-state index contributed by atoms with van der Waals surface area (Å²) in [6, 6.07) is 3.76. The number of hydrogen-bond acceptors (Lipinski definition) is 7. The molecule has 3 unspecified atom stereocenters. The summed E-state index contributed by atoms with van der Waals surface area (Å²) in [6.07, 6.45) is 0.811. The lowest BCUT2D eigenvalue weighted by atomic mass is 9.81. The van der Waals surface area contributed by atoms with E-state index in [0.717, 1.165) is 24.1 Å². The van der Waals surface area contributed by atoms with E-state index in [9.17, 15) is 14.4 Å². The Bertz CT molecular complexity index is 851. The maximum absolute atomic E-state index is 13.2. The van der Waals surface area contributed by atoms with Gasteiger partial charge in [-0.15, -0.1) is 0 Å². The second-order valence-electron chi connectivity index (χ2n) is 8.06. The van der Waals surface area contributed by atoms with Gasteiger partial charge in [-0.05, 0) is 43.5 Å². The molecular formula is C23H32N2O6. The van der Waals surface area contributed by atoms with Crippen molar-refractivity contribution in [3.8, 4) is 11.5 Å². The van der Waals surface area contributed by atoms with Crippen LogP contribution < -0.4 is 9.47 Å². The lowest BCUT2D eigenvalue weighted by Crippen LogP contribution is -2.54. The van der Waals surface area contributed by atoms with Gasteiger partial charge in [0.15, 0.2) is 11.5 Å². The number of piperidine rings is 1. The van der Waals surface area contributed by atoms with Crippen LogP contribution in [0.25, 0.3) is 0 Å². The Morgan fingerprint density at radius 1 is 1.10 bits per heavy atom. The molecule has 170 valence electrons. The van der Waals surface area contributed by atoms with Gasteiger partial charge < -0.3 is 19.1 Å². The summed E-state index contributed by atoms with van der Waals surface area (Å²) < 4.78 is 16.4. The lowest BCUT2D eigenvalue weighted by molar-refractivity contribution is -0.161. The van der Waals surface area contributed by atoms with Crippen LogP contribution in [0.15, 0.2) is 12.1 Å². The number of hydrogen-bond donors (Lipinski definition) is 0. The molecule has 0 spiro atoms. The maximum Gasteiger partial charge on any atom is 0.308 e. The van der Waals surface area contributed by atoms with E-state index in [1.165, 1.54) is 21.0 Å². The van der Waals surface area contributed by atoms with E-state index in [2.05, 4.69) is 4.90 Å². The largest absolute Gasteiger partial charge is 0.493 e. The Morgan fingerprint density at radius 2 is 1.81 bits per heavy atom. The standard InChI is InChI=1S/C23H32N2O6/c1-6-24(7-2)23(28)18-13-25-9-8-16-10-22(31-15(4)27)21(29-5)11-17(16)19(25)12-20(18)30-14(3)26/h10-11,18-20H,6-9,12-13H2,1-5H3. The fourth-order valence-corrected chi connectivity index (χ4v) is 4.75. The van der Waals surface area contributed by atoms with Gasteiger partial charge in [-0.1, -0.05) is 0 Å². The third-order valence-electron chi connectivity index (χ3n) is 6.19. The highest BCUT2D eigenvalue weighted by molar-refractivity contribution is 5.80. The number of rotatable bonds is 6. The average Bonchev–Trinajstić information content (AvgIpc) is 2.72. The monoisotopic (exact) mass is 432 g/mol. The van der Waals surface area contributed by atoms with Crippen LogP contribution in [-0.4, -0.2) is 67.0 Å². The molecule has 0 saturated carbocycles. The fourth-order valence-electron chi connectivity index (χ4n) is 4.75. The number of nitrogens with zero attached hydrogens (tertiary/aromatic N) is 2. The van der Waals surface area contributed by atoms with E-state index in [-0.39, 0.29) is 23.8 Å². The van der Waals surface area contributed by atoms with Gasteiger partial charge in [0.1, 0.15) is 6.10 Å². The number of esters is 2. The number of amides is 1. The molecule has 1 aromatic rings. The topological polar surface area (TPSA) is 85.4 Å². The summed E-state index contributed by atoms with van der Waals surface area (Å²) in [6.45, 7) is 9.22. The van der Waals surface area contributed by atoms with Crippen LogP contribution in [0.2, 0.25) is 0 Å². The molecule has 8 nitrogen and oxygen atoms in total. The number of carbonyl (C=O) groups excluding carboxylic acids is 3. The molecule has 2 aliphatic heterocycles. The number of benzene rings is 1. The first-order valence-electron chi connectivity index (χ1n) is 10.9. The molecule has 1 fully saturated rings. The molecule has 0 N–H and O–H groups in total. The molecule has 3 rings (SSSR count). The van der Waals surface area contributed by atoms with Crippen molar-refractivity contribution in [2.24, 2.45) is 5.92 Å². The first-order chi connectivity index (χ1) is 14.8. The molecule has 0 bridgehead atoms.